The predicted molar refractivity (Wildman–Crippen MR) is 87.9 cm³/mol. The van der Waals surface area contributed by atoms with Gasteiger partial charge in [0.05, 0.1) is 5.92 Å². The van der Waals surface area contributed by atoms with Gasteiger partial charge in [-0.15, -0.1) is 0 Å². The van der Waals surface area contributed by atoms with Gasteiger partial charge in [-0.05, 0) is 25.0 Å². The summed E-state index contributed by atoms with van der Waals surface area (Å²) in [6.45, 7) is 2.93. The third-order valence-electron chi connectivity index (χ3n) is 4.72. The summed E-state index contributed by atoms with van der Waals surface area (Å²) in [5, 5.41) is 4.03. The number of amides is 1. The first-order valence-corrected chi connectivity index (χ1v) is 8.66. The molecular weight excluding hydrogens is 322 g/mol. The van der Waals surface area contributed by atoms with Crippen LogP contribution in [0, 0.1) is 5.92 Å². The molecule has 132 valence electrons. The van der Waals surface area contributed by atoms with Crippen molar-refractivity contribution in [2.24, 2.45) is 5.92 Å². The lowest BCUT2D eigenvalue weighted by atomic mass is 9.93. The number of aromatic nitrogens is 2. The molecule has 2 fully saturated rings. The fourth-order valence-electron chi connectivity index (χ4n) is 3.18. The fraction of sp³-hybridized carbons (Fsp3) is 0.500. The Kier molecular flexibility index (Phi) is 4.65. The maximum atomic E-state index is 12.4. The minimum Gasteiger partial charge on any atom is -0.484 e. The van der Waals surface area contributed by atoms with E-state index in [0.29, 0.717) is 38.0 Å². The molecule has 1 aromatic carbocycles. The van der Waals surface area contributed by atoms with E-state index >= 15 is 0 Å². The number of nitrogens with zero attached hydrogens (tertiary/aromatic N) is 3. The Labute approximate surface area is 145 Å². The molecular formula is C18H21N3O4. The van der Waals surface area contributed by atoms with Crippen LogP contribution in [0.5, 0.6) is 5.75 Å². The Balaban J connectivity index is 1.27. The molecule has 1 aromatic heterocycles. The third-order valence-corrected chi connectivity index (χ3v) is 4.72. The van der Waals surface area contributed by atoms with E-state index in [1.165, 1.54) is 0 Å². The monoisotopic (exact) mass is 343 g/mol. The quantitative estimate of drug-likeness (QED) is 0.826. The van der Waals surface area contributed by atoms with E-state index in [9.17, 15) is 4.79 Å². The van der Waals surface area contributed by atoms with Crippen molar-refractivity contribution in [1.82, 2.24) is 15.0 Å². The molecule has 0 spiro atoms. The van der Waals surface area contributed by atoms with Gasteiger partial charge in [0.25, 0.3) is 5.89 Å². The SMILES string of the molecule is O=C(C1CCOCC1)N1CC(c2noc(COc3ccccc3)n2)C1. The number of carbonyl (C=O) groups excluding carboxylic acids is 1. The van der Waals surface area contributed by atoms with Crippen LogP contribution in [0.1, 0.15) is 30.5 Å². The van der Waals surface area contributed by atoms with E-state index in [4.69, 9.17) is 14.0 Å². The van der Waals surface area contributed by atoms with Gasteiger partial charge in [-0.2, -0.15) is 4.98 Å². The molecule has 25 heavy (non-hydrogen) atoms. The lowest BCUT2D eigenvalue weighted by Crippen LogP contribution is -2.51. The molecule has 2 saturated heterocycles. The largest absolute Gasteiger partial charge is 0.484 e. The van der Waals surface area contributed by atoms with Crippen molar-refractivity contribution in [2.75, 3.05) is 26.3 Å². The smallest absolute Gasteiger partial charge is 0.264 e. The average Bonchev–Trinajstić information content (AvgIpc) is 3.09. The van der Waals surface area contributed by atoms with Crippen LogP contribution in [0.4, 0.5) is 0 Å². The second kappa shape index (κ2) is 7.23. The van der Waals surface area contributed by atoms with E-state index in [2.05, 4.69) is 10.1 Å². The van der Waals surface area contributed by atoms with Crippen LogP contribution in [0.25, 0.3) is 0 Å². The zero-order valence-electron chi connectivity index (χ0n) is 14.0. The third kappa shape index (κ3) is 3.66. The molecule has 2 aromatic rings. The first kappa shape index (κ1) is 16.1. The molecule has 3 heterocycles. The second-order valence-electron chi connectivity index (χ2n) is 6.47. The summed E-state index contributed by atoms with van der Waals surface area (Å²) in [6, 6.07) is 9.51. The van der Waals surface area contributed by atoms with Crippen molar-refractivity contribution in [3.05, 3.63) is 42.0 Å². The molecule has 0 unspecified atom stereocenters. The summed E-state index contributed by atoms with van der Waals surface area (Å²) in [7, 11) is 0. The minimum absolute atomic E-state index is 0.106. The molecule has 2 aliphatic heterocycles. The van der Waals surface area contributed by atoms with Gasteiger partial charge in [0.2, 0.25) is 5.91 Å². The van der Waals surface area contributed by atoms with E-state index in [1.807, 2.05) is 35.2 Å². The molecule has 0 saturated carbocycles. The maximum absolute atomic E-state index is 12.4. The van der Waals surface area contributed by atoms with Crippen LogP contribution in [0.3, 0.4) is 0 Å². The van der Waals surface area contributed by atoms with Gasteiger partial charge >= 0.3 is 0 Å². The van der Waals surface area contributed by atoms with Gasteiger partial charge in [0.15, 0.2) is 12.4 Å². The lowest BCUT2D eigenvalue weighted by Gasteiger charge is -2.40. The minimum atomic E-state index is 0.106. The van der Waals surface area contributed by atoms with Gasteiger partial charge in [-0.3, -0.25) is 4.79 Å². The van der Waals surface area contributed by atoms with Crippen molar-refractivity contribution in [3.8, 4) is 5.75 Å². The molecule has 0 N–H and O–H groups in total. The average molecular weight is 343 g/mol. The van der Waals surface area contributed by atoms with Crippen molar-refractivity contribution in [1.29, 1.82) is 0 Å². The van der Waals surface area contributed by atoms with Crippen molar-refractivity contribution >= 4 is 5.91 Å². The highest BCUT2D eigenvalue weighted by atomic mass is 16.5. The van der Waals surface area contributed by atoms with E-state index in [-0.39, 0.29) is 24.3 Å². The van der Waals surface area contributed by atoms with Crippen molar-refractivity contribution in [2.45, 2.75) is 25.4 Å². The first-order chi connectivity index (χ1) is 12.3. The van der Waals surface area contributed by atoms with E-state index < -0.39 is 0 Å². The van der Waals surface area contributed by atoms with Gasteiger partial charge in [-0.1, -0.05) is 23.4 Å². The summed E-state index contributed by atoms with van der Waals surface area (Å²) in [6.07, 6.45) is 1.65. The molecule has 4 rings (SSSR count). The Hall–Kier alpha value is -2.41. The highest BCUT2D eigenvalue weighted by Gasteiger charge is 2.38. The molecule has 7 heteroatoms. The van der Waals surface area contributed by atoms with Crippen LogP contribution in [0.15, 0.2) is 34.9 Å². The summed E-state index contributed by atoms with van der Waals surface area (Å²) in [5.41, 5.74) is 0. The molecule has 0 radical (unpaired) electrons. The Bertz CT molecular complexity index is 706. The fourth-order valence-corrected chi connectivity index (χ4v) is 3.18. The van der Waals surface area contributed by atoms with Crippen LogP contribution >= 0.6 is 0 Å². The number of ether oxygens (including phenoxy) is 2. The summed E-state index contributed by atoms with van der Waals surface area (Å²) < 4.78 is 16.2. The zero-order valence-corrected chi connectivity index (χ0v) is 14.0. The van der Waals surface area contributed by atoms with Crippen LogP contribution in [0.2, 0.25) is 0 Å². The van der Waals surface area contributed by atoms with Crippen LogP contribution in [-0.4, -0.2) is 47.3 Å². The molecule has 0 atom stereocenters. The number of likely N-dealkylation sites (tertiary alicyclic amines) is 1. The maximum Gasteiger partial charge on any atom is 0.264 e. The predicted octanol–water partition coefficient (Wildman–Crippen LogP) is 2.00. The Morgan fingerprint density at radius 2 is 1.96 bits per heavy atom. The number of rotatable bonds is 5. The molecule has 0 aliphatic carbocycles. The van der Waals surface area contributed by atoms with Gasteiger partial charge in [0, 0.05) is 32.2 Å². The van der Waals surface area contributed by atoms with Gasteiger partial charge in [-0.25, -0.2) is 0 Å². The van der Waals surface area contributed by atoms with Gasteiger partial charge in [0.1, 0.15) is 5.75 Å². The molecule has 2 aliphatic rings. The Morgan fingerprint density at radius 3 is 2.72 bits per heavy atom. The number of hydrogen-bond acceptors (Lipinski definition) is 6. The first-order valence-electron chi connectivity index (χ1n) is 8.66. The standard InChI is InChI=1S/C18H21N3O4/c22-18(13-6-8-23-9-7-13)21-10-14(11-21)17-19-16(25-20-17)12-24-15-4-2-1-3-5-15/h1-5,13-14H,6-12H2. The molecule has 7 nitrogen and oxygen atoms in total. The Morgan fingerprint density at radius 1 is 1.20 bits per heavy atom. The van der Waals surface area contributed by atoms with Gasteiger partial charge < -0.3 is 18.9 Å². The highest BCUT2D eigenvalue weighted by molar-refractivity contribution is 5.80. The van der Waals surface area contributed by atoms with Crippen LogP contribution in [-0.2, 0) is 16.1 Å². The van der Waals surface area contributed by atoms with Crippen LogP contribution < -0.4 is 4.74 Å². The number of hydrogen-bond donors (Lipinski definition) is 0. The van der Waals surface area contributed by atoms with Crippen molar-refractivity contribution < 1.29 is 18.8 Å². The number of benzene rings is 1. The lowest BCUT2D eigenvalue weighted by molar-refractivity contribution is -0.143. The zero-order chi connectivity index (χ0) is 17.1. The number of para-hydroxylation sites is 1. The topological polar surface area (TPSA) is 77.7 Å². The summed E-state index contributed by atoms with van der Waals surface area (Å²) >= 11 is 0. The summed E-state index contributed by atoms with van der Waals surface area (Å²) in [5.74, 6) is 2.36. The molecule has 0 bridgehead atoms. The number of carbonyl (C=O) groups is 1. The van der Waals surface area contributed by atoms with E-state index in [0.717, 1.165) is 18.6 Å². The highest BCUT2D eigenvalue weighted by Crippen LogP contribution is 2.28. The van der Waals surface area contributed by atoms with E-state index in [1.54, 1.807) is 0 Å². The van der Waals surface area contributed by atoms with Crippen molar-refractivity contribution in [3.63, 3.8) is 0 Å². The molecule has 1 amide bonds. The summed E-state index contributed by atoms with van der Waals surface area (Å²) in [4.78, 5) is 18.7. The second-order valence-corrected chi connectivity index (χ2v) is 6.47. The normalized spacial score (nSPS) is 18.8.